The molecule has 1 aromatic carbocycles. The van der Waals surface area contributed by atoms with Crippen LogP contribution in [0.25, 0.3) is 0 Å². The number of nitrogens with one attached hydrogen (secondary N) is 2. The summed E-state index contributed by atoms with van der Waals surface area (Å²) in [4.78, 5) is 11.7. The van der Waals surface area contributed by atoms with Gasteiger partial charge in [-0.1, -0.05) is 12.1 Å². The zero-order valence-electron chi connectivity index (χ0n) is 12.4. The molecule has 0 saturated carbocycles. The van der Waals surface area contributed by atoms with Crippen LogP contribution in [-0.2, 0) is 11.2 Å². The standard InChI is InChI=1S/C16H24N2O2/c1-3-18-16(19)11-14-5-4-13(10-15(14)20-2)12-6-8-17-9-7-12/h4-5,10,12,17H,3,6-9,11H2,1-2H3,(H,18,19). The fourth-order valence-electron chi connectivity index (χ4n) is 2.75. The smallest absolute Gasteiger partial charge is 0.224 e. The average Bonchev–Trinajstić information content (AvgIpc) is 2.49. The molecule has 1 saturated heterocycles. The summed E-state index contributed by atoms with van der Waals surface area (Å²) >= 11 is 0. The summed E-state index contributed by atoms with van der Waals surface area (Å²) in [5, 5.41) is 6.20. The second-order valence-electron chi connectivity index (χ2n) is 5.23. The average molecular weight is 276 g/mol. The Morgan fingerprint density at radius 2 is 2.15 bits per heavy atom. The van der Waals surface area contributed by atoms with Gasteiger partial charge in [-0.2, -0.15) is 0 Å². The first-order valence-corrected chi connectivity index (χ1v) is 7.38. The van der Waals surface area contributed by atoms with Gasteiger partial charge < -0.3 is 15.4 Å². The lowest BCUT2D eigenvalue weighted by atomic mass is 9.89. The number of hydrogen-bond donors (Lipinski definition) is 2. The Bertz CT molecular complexity index is 454. The molecule has 4 heteroatoms. The number of carbonyl (C=O) groups excluding carboxylic acids is 1. The minimum Gasteiger partial charge on any atom is -0.496 e. The van der Waals surface area contributed by atoms with E-state index in [1.54, 1.807) is 7.11 Å². The number of carbonyl (C=O) groups is 1. The molecule has 0 unspecified atom stereocenters. The van der Waals surface area contributed by atoms with Crippen LogP contribution in [0.3, 0.4) is 0 Å². The van der Waals surface area contributed by atoms with Crippen molar-refractivity contribution in [1.29, 1.82) is 0 Å². The molecule has 110 valence electrons. The van der Waals surface area contributed by atoms with E-state index in [0.29, 0.717) is 18.9 Å². The number of hydrogen-bond acceptors (Lipinski definition) is 3. The molecule has 1 heterocycles. The monoisotopic (exact) mass is 276 g/mol. The second-order valence-corrected chi connectivity index (χ2v) is 5.23. The van der Waals surface area contributed by atoms with Crippen LogP contribution >= 0.6 is 0 Å². The zero-order chi connectivity index (χ0) is 14.4. The predicted molar refractivity (Wildman–Crippen MR) is 80.2 cm³/mol. The van der Waals surface area contributed by atoms with Crippen LogP contribution in [-0.4, -0.2) is 32.7 Å². The van der Waals surface area contributed by atoms with Gasteiger partial charge in [-0.15, -0.1) is 0 Å². The molecule has 0 aliphatic carbocycles. The van der Waals surface area contributed by atoms with Gasteiger partial charge in [-0.3, -0.25) is 4.79 Å². The van der Waals surface area contributed by atoms with E-state index in [2.05, 4.69) is 22.8 Å². The van der Waals surface area contributed by atoms with Gasteiger partial charge in [0.15, 0.2) is 0 Å². The highest BCUT2D eigenvalue weighted by Gasteiger charge is 2.17. The first kappa shape index (κ1) is 14.9. The summed E-state index contributed by atoms with van der Waals surface area (Å²) in [5.41, 5.74) is 2.28. The van der Waals surface area contributed by atoms with Crippen molar-refractivity contribution in [3.63, 3.8) is 0 Å². The summed E-state index contributed by atoms with van der Waals surface area (Å²) in [6.07, 6.45) is 2.71. The first-order chi connectivity index (χ1) is 9.74. The molecular weight excluding hydrogens is 252 g/mol. The molecular formula is C16H24N2O2. The summed E-state index contributed by atoms with van der Waals surface area (Å²) in [7, 11) is 1.67. The van der Waals surface area contributed by atoms with E-state index in [1.807, 2.05) is 13.0 Å². The Balaban J connectivity index is 2.12. The van der Waals surface area contributed by atoms with Crippen molar-refractivity contribution in [3.05, 3.63) is 29.3 Å². The maximum absolute atomic E-state index is 11.7. The fourth-order valence-corrected chi connectivity index (χ4v) is 2.75. The molecule has 2 rings (SSSR count). The van der Waals surface area contributed by atoms with E-state index in [0.717, 1.165) is 24.4 Å². The number of piperidine rings is 1. The van der Waals surface area contributed by atoms with Gasteiger partial charge in [-0.05, 0) is 50.4 Å². The molecule has 2 N–H and O–H groups in total. The van der Waals surface area contributed by atoms with Crippen molar-refractivity contribution in [2.24, 2.45) is 0 Å². The first-order valence-electron chi connectivity index (χ1n) is 7.38. The molecule has 0 bridgehead atoms. The molecule has 1 aliphatic heterocycles. The van der Waals surface area contributed by atoms with E-state index < -0.39 is 0 Å². The van der Waals surface area contributed by atoms with E-state index >= 15 is 0 Å². The number of methoxy groups -OCH3 is 1. The predicted octanol–water partition coefficient (Wildman–Crippen LogP) is 1.84. The lowest BCUT2D eigenvalue weighted by Gasteiger charge is -2.23. The SMILES string of the molecule is CCNC(=O)Cc1ccc(C2CCNCC2)cc1OC. The van der Waals surface area contributed by atoms with Crippen LogP contribution in [0.1, 0.15) is 36.8 Å². The van der Waals surface area contributed by atoms with Gasteiger partial charge >= 0.3 is 0 Å². The van der Waals surface area contributed by atoms with E-state index in [-0.39, 0.29) is 5.91 Å². The van der Waals surface area contributed by atoms with Crippen molar-refractivity contribution >= 4 is 5.91 Å². The third-order valence-electron chi connectivity index (χ3n) is 3.85. The van der Waals surface area contributed by atoms with Crippen LogP contribution < -0.4 is 15.4 Å². The maximum Gasteiger partial charge on any atom is 0.224 e. The highest BCUT2D eigenvalue weighted by Crippen LogP contribution is 2.30. The molecule has 20 heavy (non-hydrogen) atoms. The van der Waals surface area contributed by atoms with Gasteiger partial charge in [0.2, 0.25) is 5.91 Å². The minimum absolute atomic E-state index is 0.0421. The lowest BCUT2D eigenvalue weighted by Crippen LogP contribution is -2.26. The molecule has 0 radical (unpaired) electrons. The van der Waals surface area contributed by atoms with Crippen molar-refractivity contribution in [2.75, 3.05) is 26.7 Å². The third kappa shape index (κ3) is 3.73. The molecule has 0 atom stereocenters. The Morgan fingerprint density at radius 1 is 1.40 bits per heavy atom. The second kappa shape index (κ2) is 7.29. The van der Waals surface area contributed by atoms with E-state index in [1.165, 1.54) is 18.4 Å². The Kier molecular flexibility index (Phi) is 5.41. The highest BCUT2D eigenvalue weighted by atomic mass is 16.5. The number of ether oxygens (including phenoxy) is 1. The molecule has 0 aromatic heterocycles. The van der Waals surface area contributed by atoms with Crippen LogP contribution in [0, 0.1) is 0 Å². The normalized spacial score (nSPS) is 15.9. The molecule has 1 aliphatic rings. The van der Waals surface area contributed by atoms with E-state index in [4.69, 9.17) is 4.74 Å². The minimum atomic E-state index is 0.0421. The maximum atomic E-state index is 11.7. The lowest BCUT2D eigenvalue weighted by molar-refractivity contribution is -0.120. The number of amides is 1. The molecule has 1 amide bonds. The van der Waals surface area contributed by atoms with Gasteiger partial charge in [-0.25, -0.2) is 0 Å². The largest absolute Gasteiger partial charge is 0.496 e. The molecule has 4 nitrogen and oxygen atoms in total. The summed E-state index contributed by atoms with van der Waals surface area (Å²) < 4.78 is 5.46. The van der Waals surface area contributed by atoms with Gasteiger partial charge in [0.25, 0.3) is 0 Å². The van der Waals surface area contributed by atoms with Crippen molar-refractivity contribution in [2.45, 2.75) is 32.1 Å². The van der Waals surface area contributed by atoms with Gasteiger partial charge in [0.05, 0.1) is 13.5 Å². The molecule has 1 fully saturated rings. The van der Waals surface area contributed by atoms with Crippen LogP contribution in [0.4, 0.5) is 0 Å². The van der Waals surface area contributed by atoms with Crippen LogP contribution in [0.5, 0.6) is 5.75 Å². The summed E-state index contributed by atoms with van der Waals surface area (Å²) in [6, 6.07) is 6.28. The number of likely N-dealkylation sites (N-methyl/N-ethyl adjacent to an activating group) is 1. The number of rotatable bonds is 5. The van der Waals surface area contributed by atoms with E-state index in [9.17, 15) is 4.79 Å². The Morgan fingerprint density at radius 3 is 2.80 bits per heavy atom. The third-order valence-corrected chi connectivity index (χ3v) is 3.85. The topological polar surface area (TPSA) is 50.4 Å². The summed E-state index contributed by atoms with van der Waals surface area (Å²) in [5.74, 6) is 1.47. The fraction of sp³-hybridized carbons (Fsp3) is 0.562. The Hall–Kier alpha value is -1.55. The van der Waals surface area contributed by atoms with Crippen molar-refractivity contribution in [1.82, 2.24) is 10.6 Å². The van der Waals surface area contributed by atoms with Gasteiger partial charge in [0.1, 0.15) is 5.75 Å². The zero-order valence-corrected chi connectivity index (χ0v) is 12.4. The summed E-state index contributed by atoms with van der Waals surface area (Å²) in [6.45, 7) is 4.74. The Labute approximate surface area is 120 Å². The highest BCUT2D eigenvalue weighted by molar-refractivity contribution is 5.79. The van der Waals surface area contributed by atoms with Crippen LogP contribution in [0.2, 0.25) is 0 Å². The molecule has 1 aromatic rings. The number of benzene rings is 1. The van der Waals surface area contributed by atoms with Crippen LogP contribution in [0.15, 0.2) is 18.2 Å². The van der Waals surface area contributed by atoms with Crippen molar-refractivity contribution in [3.8, 4) is 5.75 Å². The van der Waals surface area contributed by atoms with Crippen molar-refractivity contribution < 1.29 is 9.53 Å². The quantitative estimate of drug-likeness (QED) is 0.863. The van der Waals surface area contributed by atoms with Gasteiger partial charge in [0, 0.05) is 12.1 Å². The molecule has 0 spiro atoms.